The molecule has 0 unspecified atom stereocenters. The molecular formula is C25H29N5O4S. The molecule has 1 aliphatic heterocycles. The molecule has 1 aromatic heterocycles. The van der Waals surface area contributed by atoms with E-state index in [9.17, 15) is 13.2 Å². The van der Waals surface area contributed by atoms with Gasteiger partial charge in [0.05, 0.1) is 35.2 Å². The molecular weight excluding hydrogens is 466 g/mol. The van der Waals surface area contributed by atoms with Crippen molar-refractivity contribution in [1.82, 2.24) is 15.3 Å². The maximum absolute atomic E-state index is 12.8. The van der Waals surface area contributed by atoms with Crippen molar-refractivity contribution in [2.45, 2.75) is 18.7 Å². The predicted octanol–water partition coefficient (Wildman–Crippen LogP) is 3.58. The highest BCUT2D eigenvalue weighted by Gasteiger charge is 2.21. The number of aromatic nitrogens is 2. The molecule has 0 saturated carbocycles. The first-order valence-corrected chi connectivity index (χ1v) is 13.3. The van der Waals surface area contributed by atoms with Crippen molar-refractivity contribution >= 4 is 27.5 Å². The van der Waals surface area contributed by atoms with Gasteiger partial charge in [0.2, 0.25) is 5.95 Å². The third kappa shape index (κ3) is 5.77. The number of urea groups is 1. The van der Waals surface area contributed by atoms with Gasteiger partial charge in [-0.1, -0.05) is 37.3 Å². The Bertz CT molecular complexity index is 1290. The van der Waals surface area contributed by atoms with Crippen LogP contribution in [0.5, 0.6) is 0 Å². The van der Waals surface area contributed by atoms with E-state index in [1.165, 1.54) is 0 Å². The number of benzene rings is 2. The normalized spacial score (nSPS) is 13.9. The second-order valence-corrected chi connectivity index (χ2v) is 10.2. The van der Waals surface area contributed by atoms with Gasteiger partial charge in [-0.05, 0) is 31.2 Å². The fraction of sp³-hybridized carbons (Fsp3) is 0.320. The molecule has 0 bridgehead atoms. The van der Waals surface area contributed by atoms with Crippen LogP contribution in [0.1, 0.15) is 13.8 Å². The monoisotopic (exact) mass is 495 g/mol. The summed E-state index contributed by atoms with van der Waals surface area (Å²) in [6.07, 6.45) is 0. The lowest BCUT2D eigenvalue weighted by Gasteiger charge is -2.27. The number of ether oxygens (including phenoxy) is 1. The predicted molar refractivity (Wildman–Crippen MR) is 136 cm³/mol. The lowest BCUT2D eigenvalue weighted by Crippen LogP contribution is -2.37. The van der Waals surface area contributed by atoms with Gasteiger partial charge in [-0.2, -0.15) is 0 Å². The Hall–Kier alpha value is -3.50. The van der Waals surface area contributed by atoms with E-state index in [0.29, 0.717) is 61.4 Å². The first-order chi connectivity index (χ1) is 16.9. The van der Waals surface area contributed by atoms with Crippen LogP contribution in [0, 0.1) is 0 Å². The van der Waals surface area contributed by atoms with Gasteiger partial charge in [-0.25, -0.2) is 23.2 Å². The zero-order valence-electron chi connectivity index (χ0n) is 19.8. The SMILES string of the molecule is CCNC(=O)Nc1ccc(-c2cc(-c3ccccc3S(=O)(=O)CC)nc(N3CCOCC3)n2)cc1. The van der Waals surface area contributed by atoms with Crippen molar-refractivity contribution in [3.8, 4) is 22.5 Å². The van der Waals surface area contributed by atoms with Gasteiger partial charge < -0.3 is 20.3 Å². The molecule has 184 valence electrons. The minimum Gasteiger partial charge on any atom is -0.378 e. The Morgan fingerprint density at radius 1 is 1.00 bits per heavy atom. The van der Waals surface area contributed by atoms with Gasteiger partial charge in [0.15, 0.2) is 9.84 Å². The van der Waals surface area contributed by atoms with Crippen LogP contribution in [0.2, 0.25) is 0 Å². The van der Waals surface area contributed by atoms with Crippen LogP contribution in [-0.2, 0) is 14.6 Å². The third-order valence-electron chi connectivity index (χ3n) is 5.66. The highest BCUT2D eigenvalue weighted by Crippen LogP contribution is 2.31. The van der Waals surface area contributed by atoms with Crippen LogP contribution in [0.3, 0.4) is 0 Å². The molecule has 35 heavy (non-hydrogen) atoms. The number of carbonyl (C=O) groups is 1. The van der Waals surface area contributed by atoms with Gasteiger partial charge in [-0.3, -0.25) is 0 Å². The summed E-state index contributed by atoms with van der Waals surface area (Å²) in [6.45, 7) is 6.46. The van der Waals surface area contributed by atoms with Crippen LogP contribution < -0.4 is 15.5 Å². The minimum atomic E-state index is -3.45. The number of carbonyl (C=O) groups excluding carboxylic acids is 1. The molecule has 0 radical (unpaired) electrons. The molecule has 2 N–H and O–H groups in total. The Balaban J connectivity index is 1.78. The van der Waals surface area contributed by atoms with Gasteiger partial charge in [0.1, 0.15) is 0 Å². The molecule has 3 aromatic rings. The van der Waals surface area contributed by atoms with E-state index in [-0.39, 0.29) is 16.7 Å². The number of hydrogen-bond acceptors (Lipinski definition) is 7. The molecule has 1 fully saturated rings. The van der Waals surface area contributed by atoms with Crippen LogP contribution in [0.15, 0.2) is 59.5 Å². The van der Waals surface area contributed by atoms with E-state index in [0.717, 1.165) is 5.56 Å². The van der Waals surface area contributed by atoms with Gasteiger partial charge in [0, 0.05) is 36.4 Å². The van der Waals surface area contributed by atoms with Gasteiger partial charge in [0.25, 0.3) is 0 Å². The largest absolute Gasteiger partial charge is 0.378 e. The second-order valence-electron chi connectivity index (χ2n) is 8.00. The highest BCUT2D eigenvalue weighted by atomic mass is 32.2. The molecule has 1 aliphatic rings. The molecule has 1 saturated heterocycles. The van der Waals surface area contributed by atoms with Crippen molar-refractivity contribution in [2.24, 2.45) is 0 Å². The van der Waals surface area contributed by atoms with Crippen molar-refractivity contribution in [3.05, 3.63) is 54.6 Å². The first-order valence-electron chi connectivity index (χ1n) is 11.6. The van der Waals surface area contributed by atoms with Gasteiger partial charge in [-0.15, -0.1) is 0 Å². The van der Waals surface area contributed by atoms with E-state index < -0.39 is 9.84 Å². The molecule has 9 nitrogen and oxygen atoms in total. The Labute approximate surface area is 205 Å². The van der Waals surface area contributed by atoms with Crippen LogP contribution >= 0.6 is 0 Å². The van der Waals surface area contributed by atoms with E-state index in [1.54, 1.807) is 43.3 Å². The Morgan fingerprint density at radius 2 is 1.69 bits per heavy atom. The number of nitrogens with zero attached hydrogens (tertiary/aromatic N) is 3. The maximum atomic E-state index is 12.8. The molecule has 2 amide bonds. The number of morpholine rings is 1. The molecule has 0 aliphatic carbocycles. The van der Waals surface area contributed by atoms with E-state index in [1.807, 2.05) is 30.0 Å². The summed E-state index contributed by atoms with van der Waals surface area (Å²) in [4.78, 5) is 23.7. The van der Waals surface area contributed by atoms with Crippen molar-refractivity contribution < 1.29 is 17.9 Å². The second kappa shape index (κ2) is 10.8. The summed E-state index contributed by atoms with van der Waals surface area (Å²) in [7, 11) is -3.45. The summed E-state index contributed by atoms with van der Waals surface area (Å²) in [5, 5.41) is 5.48. The van der Waals surface area contributed by atoms with Gasteiger partial charge >= 0.3 is 6.03 Å². The van der Waals surface area contributed by atoms with Crippen molar-refractivity contribution in [3.63, 3.8) is 0 Å². The molecule has 0 spiro atoms. The average Bonchev–Trinajstić information content (AvgIpc) is 2.89. The Kier molecular flexibility index (Phi) is 7.62. The number of amides is 2. The standard InChI is InChI=1S/C25H29N5O4S/c1-3-26-25(31)27-19-11-9-18(10-12-19)21-17-22(29-24(28-21)30-13-15-34-16-14-30)20-7-5-6-8-23(20)35(32,33)4-2/h5-12,17H,3-4,13-16H2,1-2H3,(H2,26,27,31). The fourth-order valence-electron chi connectivity index (χ4n) is 3.79. The quantitative estimate of drug-likeness (QED) is 0.515. The van der Waals surface area contributed by atoms with Crippen molar-refractivity contribution in [2.75, 3.05) is 48.8 Å². The topological polar surface area (TPSA) is 114 Å². The average molecular weight is 496 g/mol. The highest BCUT2D eigenvalue weighted by molar-refractivity contribution is 7.91. The summed E-state index contributed by atoms with van der Waals surface area (Å²) in [6, 6.07) is 15.8. The first kappa shape index (κ1) is 24.6. The molecule has 4 rings (SSSR count). The van der Waals surface area contributed by atoms with Crippen LogP contribution in [0.25, 0.3) is 22.5 Å². The lowest BCUT2D eigenvalue weighted by molar-refractivity contribution is 0.122. The van der Waals surface area contributed by atoms with Crippen LogP contribution in [0.4, 0.5) is 16.4 Å². The third-order valence-corrected chi connectivity index (χ3v) is 7.45. The smallest absolute Gasteiger partial charge is 0.319 e. The molecule has 2 heterocycles. The number of nitrogens with one attached hydrogen (secondary N) is 2. The summed E-state index contributed by atoms with van der Waals surface area (Å²) < 4.78 is 31.1. The zero-order valence-corrected chi connectivity index (χ0v) is 20.6. The van der Waals surface area contributed by atoms with Crippen molar-refractivity contribution in [1.29, 1.82) is 0 Å². The number of sulfone groups is 1. The van der Waals surface area contributed by atoms with E-state index in [2.05, 4.69) is 10.6 Å². The zero-order chi connectivity index (χ0) is 24.8. The fourth-order valence-corrected chi connectivity index (χ4v) is 4.89. The van der Waals surface area contributed by atoms with Crippen LogP contribution in [-0.4, -0.2) is 63.0 Å². The molecule has 0 atom stereocenters. The number of hydrogen-bond donors (Lipinski definition) is 2. The molecule has 10 heteroatoms. The van der Waals surface area contributed by atoms with E-state index in [4.69, 9.17) is 14.7 Å². The number of anilines is 2. The number of rotatable bonds is 7. The summed E-state index contributed by atoms with van der Waals surface area (Å²) in [5.41, 5.74) is 3.21. The minimum absolute atomic E-state index is 0.00164. The summed E-state index contributed by atoms with van der Waals surface area (Å²) >= 11 is 0. The maximum Gasteiger partial charge on any atom is 0.319 e. The lowest BCUT2D eigenvalue weighted by atomic mass is 10.1. The Morgan fingerprint density at radius 3 is 2.37 bits per heavy atom. The van der Waals surface area contributed by atoms with E-state index >= 15 is 0 Å². The molecule has 2 aromatic carbocycles. The summed E-state index contributed by atoms with van der Waals surface area (Å²) in [5.74, 6) is 0.521.